The third-order valence-electron chi connectivity index (χ3n) is 4.74. The number of Topliss-reactive ketones (excluding diaryl/α,β-unsaturated/α-hetero) is 1. The van der Waals surface area contributed by atoms with Gasteiger partial charge in [0.15, 0.2) is 5.11 Å². The zero-order chi connectivity index (χ0) is 21.8. The van der Waals surface area contributed by atoms with Crippen LogP contribution < -0.4 is 31.0 Å². The molecule has 4 N–H and O–H groups in total. The van der Waals surface area contributed by atoms with Gasteiger partial charge in [0.25, 0.3) is 11.7 Å². The largest absolute Gasteiger partial charge is 0.497 e. The van der Waals surface area contributed by atoms with Gasteiger partial charge >= 0.3 is 0 Å². The van der Waals surface area contributed by atoms with E-state index in [9.17, 15) is 9.59 Å². The first-order valence-corrected chi connectivity index (χ1v) is 9.47. The molecule has 1 aliphatic rings. The fourth-order valence-corrected chi connectivity index (χ4v) is 3.42. The minimum atomic E-state index is -0.687. The van der Waals surface area contributed by atoms with E-state index in [-0.39, 0.29) is 10.7 Å². The highest BCUT2D eigenvalue weighted by molar-refractivity contribution is 7.80. The molecule has 0 radical (unpaired) electrons. The molecule has 2 aromatic rings. The Labute approximate surface area is 179 Å². The zero-order valence-corrected chi connectivity index (χ0v) is 17.6. The molecule has 9 heteroatoms. The Morgan fingerprint density at radius 1 is 1.03 bits per heavy atom. The molecule has 3 rings (SSSR count). The van der Waals surface area contributed by atoms with Crippen LogP contribution in [0, 0.1) is 0 Å². The Balaban J connectivity index is 2.19. The molecule has 1 heterocycles. The van der Waals surface area contributed by atoms with Crippen LogP contribution in [0.1, 0.15) is 18.5 Å². The molecule has 0 spiro atoms. The standard InChI is InChI=1S/C21H22N4O4S/c1-12(23-24-21(22)30)17-18(13-8-10-14(28-2)11-9-13)25(20(27)19(17)26)15-6-4-5-7-16(15)29-3/h4-11,18,23H,1-3H3,(H3,22,24,30)/b17-12+. The molecule has 0 aromatic heterocycles. The van der Waals surface area contributed by atoms with Crippen molar-refractivity contribution in [3.63, 3.8) is 0 Å². The minimum absolute atomic E-state index is 0.00862. The lowest BCUT2D eigenvalue weighted by Gasteiger charge is -2.27. The third-order valence-corrected chi connectivity index (χ3v) is 4.84. The molecule has 1 unspecified atom stereocenters. The maximum absolute atomic E-state index is 13.1. The lowest BCUT2D eigenvalue weighted by atomic mass is 9.97. The fraction of sp³-hybridized carbons (Fsp3) is 0.190. The van der Waals surface area contributed by atoms with Crippen LogP contribution in [0.2, 0.25) is 0 Å². The number of anilines is 1. The molecule has 156 valence electrons. The van der Waals surface area contributed by atoms with Gasteiger partial charge in [0.05, 0.1) is 31.5 Å². The van der Waals surface area contributed by atoms with E-state index in [0.29, 0.717) is 22.9 Å². The quantitative estimate of drug-likeness (QED) is 0.279. The number of hydrogen-bond donors (Lipinski definition) is 3. The van der Waals surface area contributed by atoms with E-state index in [1.54, 1.807) is 50.4 Å². The van der Waals surface area contributed by atoms with E-state index in [4.69, 9.17) is 27.4 Å². The Morgan fingerprint density at radius 3 is 2.30 bits per heavy atom. The number of nitrogens with one attached hydrogen (secondary N) is 2. The molecule has 0 saturated carbocycles. The Hall–Kier alpha value is -3.59. The van der Waals surface area contributed by atoms with Crippen LogP contribution >= 0.6 is 12.2 Å². The molecular weight excluding hydrogens is 404 g/mol. The number of rotatable bonds is 6. The molecule has 2 aromatic carbocycles. The second-order valence-electron chi connectivity index (χ2n) is 6.50. The maximum Gasteiger partial charge on any atom is 0.300 e. The first-order chi connectivity index (χ1) is 14.4. The van der Waals surface area contributed by atoms with Gasteiger partial charge in [0, 0.05) is 5.70 Å². The van der Waals surface area contributed by atoms with Gasteiger partial charge in [-0.2, -0.15) is 0 Å². The lowest BCUT2D eigenvalue weighted by molar-refractivity contribution is -0.132. The van der Waals surface area contributed by atoms with Gasteiger partial charge in [-0.25, -0.2) is 0 Å². The number of thiocarbonyl (C=S) groups is 1. The predicted molar refractivity (Wildman–Crippen MR) is 117 cm³/mol. The first-order valence-electron chi connectivity index (χ1n) is 9.06. The highest BCUT2D eigenvalue weighted by atomic mass is 32.1. The van der Waals surface area contributed by atoms with E-state index in [1.165, 1.54) is 12.0 Å². The SMILES string of the molecule is COc1ccc(C2/C(=C(/C)NNC(N)=S)C(=O)C(=O)N2c2ccccc2OC)cc1. The van der Waals surface area contributed by atoms with Crippen LogP contribution in [-0.4, -0.2) is 31.0 Å². The van der Waals surface area contributed by atoms with Crippen molar-refractivity contribution in [3.05, 3.63) is 65.4 Å². The number of benzene rings is 2. The molecule has 30 heavy (non-hydrogen) atoms. The van der Waals surface area contributed by atoms with Crippen molar-refractivity contribution in [2.45, 2.75) is 13.0 Å². The van der Waals surface area contributed by atoms with Gasteiger partial charge < -0.3 is 20.6 Å². The fourth-order valence-electron chi connectivity index (χ4n) is 3.37. The first kappa shape index (κ1) is 21.1. The number of allylic oxidation sites excluding steroid dienone is 1. The van der Waals surface area contributed by atoms with Crippen molar-refractivity contribution in [3.8, 4) is 11.5 Å². The van der Waals surface area contributed by atoms with Gasteiger partial charge in [-0.1, -0.05) is 24.3 Å². The number of nitrogens with two attached hydrogens (primary N) is 1. The molecule has 1 amide bonds. The highest BCUT2D eigenvalue weighted by Crippen LogP contribution is 2.43. The summed E-state index contributed by atoms with van der Waals surface area (Å²) in [6.45, 7) is 1.67. The van der Waals surface area contributed by atoms with Crippen LogP contribution in [0.25, 0.3) is 0 Å². The summed E-state index contributed by atoms with van der Waals surface area (Å²) >= 11 is 4.81. The summed E-state index contributed by atoms with van der Waals surface area (Å²) in [6.07, 6.45) is 0. The van der Waals surface area contributed by atoms with Crippen LogP contribution in [0.15, 0.2) is 59.8 Å². The number of ether oxygens (including phenoxy) is 2. The summed E-state index contributed by atoms with van der Waals surface area (Å²) in [5.74, 6) is -0.151. The summed E-state index contributed by atoms with van der Waals surface area (Å²) in [5.41, 5.74) is 12.8. The van der Waals surface area contributed by atoms with Crippen molar-refractivity contribution in [2.24, 2.45) is 5.73 Å². The summed E-state index contributed by atoms with van der Waals surface area (Å²) in [7, 11) is 3.08. The van der Waals surface area contributed by atoms with Gasteiger partial charge in [0.1, 0.15) is 11.5 Å². The van der Waals surface area contributed by atoms with Gasteiger partial charge in [-0.05, 0) is 49.0 Å². The Bertz CT molecular complexity index is 1020. The van der Waals surface area contributed by atoms with Gasteiger partial charge in [0.2, 0.25) is 0 Å². The van der Waals surface area contributed by atoms with E-state index in [0.717, 1.165) is 5.56 Å². The van der Waals surface area contributed by atoms with Gasteiger partial charge in [-0.15, -0.1) is 0 Å². The molecule has 8 nitrogen and oxygen atoms in total. The number of ketones is 1. The summed E-state index contributed by atoms with van der Waals surface area (Å²) in [6, 6.07) is 13.5. The van der Waals surface area contributed by atoms with Crippen LogP contribution in [0.3, 0.4) is 0 Å². The second kappa shape index (κ2) is 8.83. The molecule has 0 aliphatic carbocycles. The molecular formula is C21H22N4O4S. The van der Waals surface area contributed by atoms with Crippen molar-refractivity contribution < 1.29 is 19.1 Å². The monoisotopic (exact) mass is 426 g/mol. The number of carbonyl (C=O) groups excluding carboxylic acids is 2. The van der Waals surface area contributed by atoms with Gasteiger partial charge in [-0.3, -0.25) is 19.9 Å². The van der Waals surface area contributed by atoms with E-state index >= 15 is 0 Å². The third kappa shape index (κ3) is 3.92. The zero-order valence-electron chi connectivity index (χ0n) is 16.8. The molecule has 1 fully saturated rings. The van der Waals surface area contributed by atoms with E-state index in [1.807, 2.05) is 12.1 Å². The second-order valence-corrected chi connectivity index (χ2v) is 6.94. The molecule has 1 aliphatic heterocycles. The number of methoxy groups -OCH3 is 2. The van der Waals surface area contributed by atoms with E-state index < -0.39 is 17.7 Å². The number of nitrogens with zero attached hydrogens (tertiary/aromatic N) is 1. The Kier molecular flexibility index (Phi) is 6.22. The average Bonchev–Trinajstić information content (AvgIpc) is 3.02. The molecule has 1 saturated heterocycles. The molecule has 0 bridgehead atoms. The predicted octanol–water partition coefficient (Wildman–Crippen LogP) is 1.97. The van der Waals surface area contributed by atoms with E-state index in [2.05, 4.69) is 10.9 Å². The number of hydrazine groups is 1. The normalized spacial score (nSPS) is 17.6. The smallest absolute Gasteiger partial charge is 0.300 e. The highest BCUT2D eigenvalue weighted by Gasteiger charge is 2.46. The van der Waals surface area contributed by atoms with Crippen LogP contribution in [0.5, 0.6) is 11.5 Å². The molecule has 1 atom stereocenters. The van der Waals surface area contributed by atoms with Crippen molar-refractivity contribution in [1.29, 1.82) is 0 Å². The average molecular weight is 426 g/mol. The van der Waals surface area contributed by atoms with Crippen molar-refractivity contribution >= 4 is 34.7 Å². The topological polar surface area (TPSA) is 106 Å². The number of amides is 1. The summed E-state index contributed by atoms with van der Waals surface area (Å²) in [5, 5.41) is 0.00862. The minimum Gasteiger partial charge on any atom is -0.497 e. The number of carbonyl (C=O) groups is 2. The van der Waals surface area contributed by atoms with Crippen molar-refractivity contribution in [2.75, 3.05) is 19.1 Å². The maximum atomic E-state index is 13.1. The van der Waals surface area contributed by atoms with Crippen LogP contribution in [0.4, 0.5) is 5.69 Å². The number of hydrogen-bond acceptors (Lipinski definition) is 6. The van der Waals surface area contributed by atoms with Crippen molar-refractivity contribution in [1.82, 2.24) is 10.9 Å². The Morgan fingerprint density at radius 2 is 1.70 bits per heavy atom. The number of para-hydroxylation sites is 2. The van der Waals surface area contributed by atoms with Crippen LogP contribution in [-0.2, 0) is 9.59 Å². The summed E-state index contributed by atoms with van der Waals surface area (Å²) in [4.78, 5) is 27.6. The lowest BCUT2D eigenvalue weighted by Crippen LogP contribution is -2.40. The summed E-state index contributed by atoms with van der Waals surface area (Å²) < 4.78 is 10.7.